The minimum absolute atomic E-state index is 0.0887. The quantitative estimate of drug-likeness (QED) is 0.284. The van der Waals surface area contributed by atoms with Crippen molar-refractivity contribution in [2.45, 2.75) is 105 Å². The molecule has 0 aliphatic heterocycles. The maximum absolute atomic E-state index is 11.6. The Morgan fingerprint density at radius 2 is 1.52 bits per heavy atom. The number of carbonyl (C=O) groups excluding carboxylic acids is 2. The van der Waals surface area contributed by atoms with E-state index in [2.05, 4.69) is 6.92 Å². The van der Waals surface area contributed by atoms with Crippen molar-refractivity contribution >= 4 is 11.9 Å². The first-order valence-corrected chi connectivity index (χ1v) is 11.6. The van der Waals surface area contributed by atoms with Crippen LogP contribution in [-0.4, -0.2) is 36.4 Å². The lowest BCUT2D eigenvalue weighted by atomic mass is 9.99. The molecule has 0 fully saturated rings. The summed E-state index contributed by atoms with van der Waals surface area (Å²) in [4.78, 5) is 23.1. The van der Waals surface area contributed by atoms with Crippen LogP contribution in [0.2, 0.25) is 0 Å². The molecule has 0 heterocycles. The Morgan fingerprint density at radius 1 is 0.935 bits per heavy atom. The monoisotopic (exact) mass is 438 g/mol. The molecule has 6 nitrogen and oxygen atoms in total. The van der Waals surface area contributed by atoms with E-state index in [9.17, 15) is 14.7 Å². The van der Waals surface area contributed by atoms with Crippen molar-refractivity contribution in [1.29, 1.82) is 0 Å². The maximum Gasteiger partial charge on any atom is 0.302 e. The van der Waals surface area contributed by atoms with Gasteiger partial charge in [0.2, 0.25) is 0 Å². The number of benzene rings is 1. The third-order valence-corrected chi connectivity index (χ3v) is 4.82. The number of phenolic OH excluding ortho intramolecular Hbond substituents is 1. The number of aromatic hydroxyl groups is 1. The summed E-state index contributed by atoms with van der Waals surface area (Å²) in [5.74, 6) is -0.154. The van der Waals surface area contributed by atoms with Crippen LogP contribution in [-0.2, 0) is 25.5 Å². The molecular formula is C25H42O6. The fourth-order valence-corrected chi connectivity index (χ4v) is 3.39. The van der Waals surface area contributed by atoms with E-state index >= 15 is 0 Å². The third-order valence-electron chi connectivity index (χ3n) is 4.82. The highest BCUT2D eigenvalue weighted by Gasteiger charge is 2.21. The fourth-order valence-electron chi connectivity index (χ4n) is 3.39. The summed E-state index contributed by atoms with van der Waals surface area (Å²) in [6, 6.07) is 5.18. The number of phenols is 1. The molecule has 0 saturated heterocycles. The van der Waals surface area contributed by atoms with Crippen LogP contribution in [0.15, 0.2) is 18.2 Å². The molecule has 31 heavy (non-hydrogen) atoms. The van der Waals surface area contributed by atoms with Crippen LogP contribution in [0, 0.1) is 0 Å². The van der Waals surface area contributed by atoms with Gasteiger partial charge >= 0.3 is 11.9 Å². The zero-order valence-electron chi connectivity index (χ0n) is 20.2. The van der Waals surface area contributed by atoms with Gasteiger partial charge < -0.3 is 19.3 Å². The molecule has 0 saturated carbocycles. The van der Waals surface area contributed by atoms with E-state index in [0.717, 1.165) is 24.8 Å². The van der Waals surface area contributed by atoms with E-state index in [1.807, 2.05) is 19.9 Å². The van der Waals surface area contributed by atoms with Crippen molar-refractivity contribution in [3.63, 3.8) is 0 Å². The maximum atomic E-state index is 11.6. The van der Waals surface area contributed by atoms with E-state index in [0.29, 0.717) is 25.0 Å². The lowest BCUT2D eigenvalue weighted by Gasteiger charge is -2.23. The minimum atomic E-state index is -0.345. The predicted molar refractivity (Wildman–Crippen MR) is 123 cm³/mol. The van der Waals surface area contributed by atoms with Crippen molar-refractivity contribution in [2.24, 2.45) is 0 Å². The summed E-state index contributed by atoms with van der Waals surface area (Å²) in [6.07, 6.45) is 7.58. The summed E-state index contributed by atoms with van der Waals surface area (Å²) >= 11 is 0. The van der Waals surface area contributed by atoms with Crippen LogP contribution in [0.5, 0.6) is 11.5 Å². The van der Waals surface area contributed by atoms with Gasteiger partial charge in [-0.3, -0.25) is 9.59 Å². The zero-order valence-corrected chi connectivity index (χ0v) is 20.2. The van der Waals surface area contributed by atoms with E-state index in [4.69, 9.17) is 14.2 Å². The minimum Gasteiger partial charge on any atom is -0.504 e. The molecule has 1 N–H and O–H groups in total. The number of aryl methyl sites for hydroxylation is 1. The molecule has 0 spiro atoms. The van der Waals surface area contributed by atoms with Gasteiger partial charge in [-0.15, -0.1) is 0 Å². The SMILES string of the molecule is CC.CCCCCCCC(CC(CCc1ccc(O)c(OC)c1)OC(C)=O)OC(C)=O. The van der Waals surface area contributed by atoms with Gasteiger partial charge in [-0.1, -0.05) is 52.5 Å². The Balaban J connectivity index is 0.00000436. The zero-order chi connectivity index (χ0) is 23.6. The predicted octanol–water partition coefficient (Wildman–Crippen LogP) is 5.97. The van der Waals surface area contributed by atoms with Gasteiger partial charge in [0.25, 0.3) is 0 Å². The lowest BCUT2D eigenvalue weighted by Crippen LogP contribution is -2.27. The number of rotatable bonds is 14. The Kier molecular flexibility index (Phi) is 16.2. The Hall–Kier alpha value is -2.24. The molecule has 0 aliphatic carbocycles. The standard InChI is InChI=1S/C23H36O6.C2H6/c1-5-6-7-8-9-10-20(28-17(2)24)16-21(29-18(3)25)13-11-19-12-14-22(26)23(15-19)27-4;1-2/h12,14-15,20-21,26H,5-11,13,16H2,1-4H3;1-2H3. The highest BCUT2D eigenvalue weighted by molar-refractivity contribution is 5.66. The first-order chi connectivity index (χ1) is 14.8. The van der Waals surface area contributed by atoms with Crippen LogP contribution >= 0.6 is 0 Å². The van der Waals surface area contributed by atoms with Crippen molar-refractivity contribution in [3.8, 4) is 11.5 Å². The molecule has 1 rings (SSSR count). The number of hydrogen-bond donors (Lipinski definition) is 1. The summed E-state index contributed by atoms with van der Waals surface area (Å²) in [5, 5.41) is 9.73. The van der Waals surface area contributed by atoms with E-state index in [1.165, 1.54) is 40.2 Å². The molecule has 0 amide bonds. The summed E-state index contributed by atoms with van der Waals surface area (Å²) in [6.45, 7) is 8.98. The van der Waals surface area contributed by atoms with Crippen molar-refractivity contribution in [2.75, 3.05) is 7.11 Å². The Morgan fingerprint density at radius 3 is 2.06 bits per heavy atom. The van der Waals surface area contributed by atoms with Gasteiger partial charge in [-0.05, 0) is 43.4 Å². The molecule has 0 bridgehead atoms. The first-order valence-electron chi connectivity index (χ1n) is 11.6. The smallest absolute Gasteiger partial charge is 0.302 e. The lowest BCUT2D eigenvalue weighted by molar-refractivity contribution is -0.153. The van der Waals surface area contributed by atoms with E-state index in [1.54, 1.807) is 12.1 Å². The summed E-state index contributed by atoms with van der Waals surface area (Å²) < 4.78 is 16.1. The Labute approximate surface area is 188 Å². The number of carbonyl (C=O) groups is 2. The molecular weight excluding hydrogens is 396 g/mol. The molecule has 2 atom stereocenters. The van der Waals surface area contributed by atoms with Gasteiger partial charge in [0, 0.05) is 20.3 Å². The topological polar surface area (TPSA) is 82.1 Å². The van der Waals surface area contributed by atoms with Crippen LogP contribution < -0.4 is 4.74 Å². The number of esters is 2. The normalized spacial score (nSPS) is 12.2. The second-order valence-electron chi connectivity index (χ2n) is 7.45. The average molecular weight is 439 g/mol. The van der Waals surface area contributed by atoms with Gasteiger partial charge in [-0.2, -0.15) is 0 Å². The number of unbranched alkanes of at least 4 members (excludes halogenated alkanes) is 4. The average Bonchev–Trinajstić information content (AvgIpc) is 2.73. The summed E-state index contributed by atoms with van der Waals surface area (Å²) in [7, 11) is 1.50. The van der Waals surface area contributed by atoms with Crippen LogP contribution in [0.3, 0.4) is 0 Å². The molecule has 0 aromatic heterocycles. The largest absolute Gasteiger partial charge is 0.504 e. The Bertz CT molecular complexity index is 628. The number of methoxy groups -OCH3 is 1. The molecule has 1 aromatic carbocycles. The molecule has 2 unspecified atom stereocenters. The number of hydrogen-bond acceptors (Lipinski definition) is 6. The molecule has 6 heteroatoms. The van der Waals surface area contributed by atoms with Crippen molar-refractivity contribution < 1.29 is 28.9 Å². The number of ether oxygens (including phenoxy) is 3. The van der Waals surface area contributed by atoms with Gasteiger partial charge in [-0.25, -0.2) is 0 Å². The van der Waals surface area contributed by atoms with Crippen LogP contribution in [0.4, 0.5) is 0 Å². The molecule has 0 aliphatic rings. The third kappa shape index (κ3) is 13.6. The summed E-state index contributed by atoms with van der Waals surface area (Å²) in [5.41, 5.74) is 0.973. The highest BCUT2D eigenvalue weighted by atomic mass is 16.6. The van der Waals surface area contributed by atoms with Crippen LogP contribution in [0.1, 0.15) is 91.5 Å². The van der Waals surface area contributed by atoms with Crippen LogP contribution in [0.25, 0.3) is 0 Å². The fraction of sp³-hybridized carbons (Fsp3) is 0.680. The second kappa shape index (κ2) is 17.4. The molecule has 1 aromatic rings. The van der Waals surface area contributed by atoms with Gasteiger partial charge in [0.15, 0.2) is 11.5 Å². The van der Waals surface area contributed by atoms with Gasteiger partial charge in [0.05, 0.1) is 7.11 Å². The molecule has 178 valence electrons. The molecule has 0 radical (unpaired) electrons. The van der Waals surface area contributed by atoms with Crippen molar-refractivity contribution in [1.82, 2.24) is 0 Å². The highest BCUT2D eigenvalue weighted by Crippen LogP contribution is 2.27. The van der Waals surface area contributed by atoms with E-state index < -0.39 is 0 Å². The van der Waals surface area contributed by atoms with E-state index in [-0.39, 0.29) is 29.9 Å². The first kappa shape index (κ1) is 28.8. The van der Waals surface area contributed by atoms with Gasteiger partial charge in [0.1, 0.15) is 12.2 Å². The van der Waals surface area contributed by atoms with Crippen molar-refractivity contribution in [3.05, 3.63) is 23.8 Å². The second-order valence-corrected chi connectivity index (χ2v) is 7.45.